The van der Waals surface area contributed by atoms with Crippen molar-refractivity contribution in [2.45, 2.75) is 4.90 Å². The molecule has 2 aromatic rings. The van der Waals surface area contributed by atoms with E-state index in [0.717, 1.165) is 5.39 Å². The molecule has 0 amide bonds. The van der Waals surface area contributed by atoms with Gasteiger partial charge in [0.1, 0.15) is 4.90 Å². The van der Waals surface area contributed by atoms with Crippen LogP contribution in [0.15, 0.2) is 47.4 Å². The van der Waals surface area contributed by atoms with Gasteiger partial charge >= 0.3 is 0 Å². The van der Waals surface area contributed by atoms with E-state index in [1.807, 2.05) is 6.07 Å². The molecule has 0 aliphatic carbocycles. The summed E-state index contributed by atoms with van der Waals surface area (Å²) in [4.78, 5) is -0.0457. The van der Waals surface area contributed by atoms with Crippen molar-refractivity contribution >= 4 is 20.9 Å². The van der Waals surface area contributed by atoms with Crippen molar-refractivity contribution in [2.75, 3.05) is 0 Å². The van der Waals surface area contributed by atoms with E-state index in [2.05, 4.69) is 0 Å². The topological polar surface area (TPSA) is 54.4 Å². The summed E-state index contributed by atoms with van der Waals surface area (Å²) < 4.78 is 31.0. The summed E-state index contributed by atoms with van der Waals surface area (Å²) in [5, 5.41) is 1.33. The summed E-state index contributed by atoms with van der Waals surface area (Å²) in [6, 6.07) is 11.8. The van der Waals surface area contributed by atoms with Gasteiger partial charge in [0, 0.05) is 22.2 Å². The van der Waals surface area contributed by atoms with Crippen LogP contribution < -0.4 is 0 Å². The number of benzene rings is 2. The Labute approximate surface area is 98.1 Å². The van der Waals surface area contributed by atoms with Gasteiger partial charge in [-0.3, -0.25) is 4.55 Å². The molecule has 0 spiro atoms. The molecule has 0 saturated heterocycles. The van der Waals surface area contributed by atoms with E-state index < -0.39 is 10.1 Å². The molecule has 1 radical (unpaired) electrons. The van der Waals surface area contributed by atoms with E-state index in [1.165, 1.54) is 6.07 Å². The molecule has 2 aromatic carbocycles. The molecule has 3 nitrogen and oxygen atoms in total. The van der Waals surface area contributed by atoms with Crippen LogP contribution in [0.3, 0.4) is 0 Å². The van der Waals surface area contributed by atoms with Crippen molar-refractivity contribution in [3.63, 3.8) is 0 Å². The molecule has 15 heavy (non-hydrogen) atoms. The standard InChI is InChI=1S/C10H8O3S.Co/c11-14(12,13)10-7-3-5-8-4-1-2-6-9(8)10;/h1-7H,(H,11,12,13);. The summed E-state index contributed by atoms with van der Waals surface area (Å²) in [6.45, 7) is 0. The van der Waals surface area contributed by atoms with Crippen molar-refractivity contribution in [2.24, 2.45) is 0 Å². The summed E-state index contributed by atoms with van der Waals surface area (Å²) >= 11 is 0. The van der Waals surface area contributed by atoms with E-state index in [4.69, 9.17) is 4.55 Å². The zero-order valence-corrected chi connectivity index (χ0v) is 9.40. The first-order valence-electron chi connectivity index (χ1n) is 4.04. The second-order valence-electron chi connectivity index (χ2n) is 2.95. The minimum atomic E-state index is -4.13. The van der Waals surface area contributed by atoms with Crippen molar-refractivity contribution in [3.05, 3.63) is 42.5 Å². The first kappa shape index (κ1) is 12.2. The molecule has 5 heteroatoms. The van der Waals surface area contributed by atoms with Gasteiger partial charge in [-0.25, -0.2) is 0 Å². The van der Waals surface area contributed by atoms with E-state index in [1.54, 1.807) is 30.3 Å². The first-order chi connectivity index (χ1) is 6.59. The number of hydrogen-bond acceptors (Lipinski definition) is 2. The maximum absolute atomic E-state index is 11.0. The van der Waals surface area contributed by atoms with Gasteiger partial charge in [0.15, 0.2) is 0 Å². The molecule has 0 unspecified atom stereocenters. The van der Waals surface area contributed by atoms with Crippen LogP contribution >= 0.6 is 0 Å². The Bertz CT molecular complexity index is 573. The van der Waals surface area contributed by atoms with E-state index in [9.17, 15) is 8.42 Å². The van der Waals surface area contributed by atoms with Crippen LogP contribution in [0.1, 0.15) is 0 Å². The molecule has 0 aliphatic heterocycles. The zero-order chi connectivity index (χ0) is 10.2. The third kappa shape index (κ3) is 2.38. The monoisotopic (exact) mass is 267 g/mol. The molecule has 0 heterocycles. The largest absolute Gasteiger partial charge is 0.295 e. The minimum absolute atomic E-state index is 0. The Kier molecular flexibility index (Phi) is 3.51. The Balaban J connectivity index is 0.00000112. The SMILES string of the molecule is O=S(=O)(O)c1cccc2ccccc12.[Co]. The fraction of sp³-hybridized carbons (Fsp3) is 0. The third-order valence-corrected chi connectivity index (χ3v) is 2.94. The fourth-order valence-corrected chi connectivity index (χ4v) is 2.13. The second-order valence-corrected chi connectivity index (χ2v) is 4.34. The number of fused-ring (bicyclic) bond motifs is 1. The molecule has 2 rings (SSSR count). The van der Waals surface area contributed by atoms with Gasteiger partial charge in [-0.15, -0.1) is 0 Å². The van der Waals surface area contributed by atoms with Crippen molar-refractivity contribution in [1.82, 2.24) is 0 Å². The van der Waals surface area contributed by atoms with Crippen LogP contribution in [0.25, 0.3) is 10.8 Å². The number of rotatable bonds is 1. The van der Waals surface area contributed by atoms with Crippen LogP contribution in [-0.4, -0.2) is 13.0 Å². The van der Waals surface area contributed by atoms with Crippen LogP contribution in [0.5, 0.6) is 0 Å². The number of hydrogen-bond donors (Lipinski definition) is 1. The van der Waals surface area contributed by atoms with Gasteiger partial charge < -0.3 is 0 Å². The van der Waals surface area contributed by atoms with Crippen LogP contribution in [0, 0.1) is 0 Å². The van der Waals surface area contributed by atoms with Crippen LogP contribution in [0.4, 0.5) is 0 Å². The zero-order valence-electron chi connectivity index (χ0n) is 7.55. The molecular formula is C10H8CoO3S. The predicted octanol–water partition coefficient (Wildman–Crippen LogP) is 2.08. The quantitative estimate of drug-likeness (QED) is 0.805. The molecule has 0 saturated carbocycles. The molecule has 1 N–H and O–H groups in total. The van der Waals surface area contributed by atoms with Crippen molar-refractivity contribution < 1.29 is 29.7 Å². The molecule has 0 aliphatic rings. The Morgan fingerprint density at radius 3 is 2.20 bits per heavy atom. The van der Waals surface area contributed by atoms with Crippen molar-refractivity contribution in [3.8, 4) is 0 Å². The minimum Gasteiger partial charge on any atom is -0.282 e. The normalized spacial score (nSPS) is 11.0. The second kappa shape index (κ2) is 4.32. The van der Waals surface area contributed by atoms with E-state index in [0.29, 0.717) is 5.39 Å². The van der Waals surface area contributed by atoms with E-state index >= 15 is 0 Å². The molecule has 0 bridgehead atoms. The van der Waals surface area contributed by atoms with E-state index in [-0.39, 0.29) is 21.7 Å². The molecule has 0 atom stereocenters. The average molecular weight is 267 g/mol. The third-order valence-electron chi connectivity index (χ3n) is 2.03. The van der Waals surface area contributed by atoms with Crippen LogP contribution in [0.2, 0.25) is 0 Å². The first-order valence-corrected chi connectivity index (χ1v) is 5.48. The fourth-order valence-electron chi connectivity index (χ4n) is 1.42. The van der Waals surface area contributed by atoms with Gasteiger partial charge in [0.25, 0.3) is 10.1 Å². The van der Waals surface area contributed by atoms with Gasteiger partial charge in [-0.1, -0.05) is 36.4 Å². The summed E-state index contributed by atoms with van der Waals surface area (Å²) in [7, 11) is -4.13. The Morgan fingerprint density at radius 2 is 1.53 bits per heavy atom. The van der Waals surface area contributed by atoms with Gasteiger partial charge in [-0.05, 0) is 11.5 Å². The summed E-state index contributed by atoms with van der Waals surface area (Å²) in [5.74, 6) is 0. The maximum atomic E-state index is 11.0. The van der Waals surface area contributed by atoms with Gasteiger partial charge in [0.05, 0.1) is 0 Å². The van der Waals surface area contributed by atoms with Crippen LogP contribution in [-0.2, 0) is 26.9 Å². The smallest absolute Gasteiger partial charge is 0.282 e. The Morgan fingerprint density at radius 1 is 0.933 bits per heavy atom. The van der Waals surface area contributed by atoms with Gasteiger partial charge in [0.2, 0.25) is 0 Å². The molecule has 0 fully saturated rings. The van der Waals surface area contributed by atoms with Gasteiger partial charge in [-0.2, -0.15) is 8.42 Å². The molecule has 0 aromatic heterocycles. The summed E-state index contributed by atoms with van der Waals surface area (Å²) in [6.07, 6.45) is 0. The Hall–Kier alpha value is -0.884. The molecular weight excluding hydrogens is 259 g/mol. The van der Waals surface area contributed by atoms with Crippen molar-refractivity contribution in [1.29, 1.82) is 0 Å². The average Bonchev–Trinajstić information content (AvgIpc) is 2.15. The maximum Gasteiger partial charge on any atom is 0.295 e. The predicted molar refractivity (Wildman–Crippen MR) is 53.8 cm³/mol. The molecule has 81 valence electrons. The summed E-state index contributed by atoms with van der Waals surface area (Å²) in [5.41, 5.74) is 0.